The Balaban J connectivity index is 1.50. The van der Waals surface area contributed by atoms with Crippen molar-refractivity contribution in [2.45, 2.75) is 38.9 Å². The second-order valence-electron chi connectivity index (χ2n) is 10.5. The molecule has 0 radical (unpaired) electrons. The van der Waals surface area contributed by atoms with Gasteiger partial charge in [0.15, 0.2) is 5.11 Å². The van der Waals surface area contributed by atoms with Crippen molar-refractivity contribution in [1.29, 1.82) is 0 Å². The summed E-state index contributed by atoms with van der Waals surface area (Å²) in [6, 6.07) is 13.2. The van der Waals surface area contributed by atoms with Crippen LogP contribution in [0.25, 0.3) is 0 Å². The molecule has 1 aromatic carbocycles. The molecule has 41 heavy (non-hydrogen) atoms. The van der Waals surface area contributed by atoms with Crippen molar-refractivity contribution in [1.82, 2.24) is 19.8 Å². The first-order valence-corrected chi connectivity index (χ1v) is 16.1. The number of aryl methyl sites for hydroxylation is 1. The van der Waals surface area contributed by atoms with Gasteiger partial charge in [0.2, 0.25) is 10.0 Å². The van der Waals surface area contributed by atoms with Crippen LogP contribution < -0.4 is 19.7 Å². The predicted octanol–water partition coefficient (Wildman–Crippen LogP) is 3.78. The number of benzene rings is 1. The van der Waals surface area contributed by atoms with Crippen LogP contribution >= 0.6 is 12.2 Å². The minimum Gasteiger partial charge on any atom is -0.494 e. The summed E-state index contributed by atoms with van der Waals surface area (Å²) in [5.74, 6) is 0.407. The molecule has 5 rings (SSSR count). The lowest BCUT2D eigenvalue weighted by Crippen LogP contribution is -2.37. The molecule has 0 amide bonds. The first kappa shape index (κ1) is 29.3. The molecular weight excluding hydrogens is 560 g/mol. The fourth-order valence-corrected chi connectivity index (χ4v) is 6.73. The number of pyridine rings is 1. The summed E-state index contributed by atoms with van der Waals surface area (Å²) in [5.41, 5.74) is 5.60. The molecule has 0 aliphatic carbocycles. The van der Waals surface area contributed by atoms with Crippen LogP contribution in [0, 0.1) is 13.8 Å². The van der Waals surface area contributed by atoms with E-state index in [4.69, 9.17) is 21.7 Å². The molecule has 2 saturated heterocycles. The monoisotopic (exact) mass is 598 g/mol. The molecule has 0 bridgehead atoms. The average molecular weight is 599 g/mol. The quantitative estimate of drug-likeness (QED) is 0.338. The zero-order valence-corrected chi connectivity index (χ0v) is 25.6. The molecule has 2 N–H and O–H groups in total. The second kappa shape index (κ2) is 12.4. The predicted molar refractivity (Wildman–Crippen MR) is 165 cm³/mol. The molecule has 12 heteroatoms. The number of sulfonamides is 1. The maximum atomic E-state index is 11.9. The molecule has 2 aliphatic heterocycles. The van der Waals surface area contributed by atoms with Crippen LogP contribution in [0.15, 0.2) is 48.7 Å². The van der Waals surface area contributed by atoms with E-state index in [0.717, 1.165) is 69.0 Å². The Labute approximate surface area is 247 Å². The van der Waals surface area contributed by atoms with Crippen molar-refractivity contribution in [3.8, 4) is 5.75 Å². The Morgan fingerprint density at radius 3 is 2.61 bits per heavy atom. The smallest absolute Gasteiger partial charge is 0.229 e. The van der Waals surface area contributed by atoms with Crippen molar-refractivity contribution in [2.24, 2.45) is 0 Å². The SMILES string of the molecule is COc1cc(N2C(=S)NC(c3ccccn3)C2c2cc(C)n(CCCN3CCOCC3)c2C)ccc1NS(C)(=O)=O. The number of morpholine rings is 1. The van der Waals surface area contributed by atoms with Gasteiger partial charge in [-0.15, -0.1) is 0 Å². The van der Waals surface area contributed by atoms with Gasteiger partial charge in [-0.25, -0.2) is 8.42 Å². The summed E-state index contributed by atoms with van der Waals surface area (Å²) in [6.07, 6.45) is 3.96. The topological polar surface area (TPSA) is 101 Å². The molecule has 2 aliphatic rings. The highest BCUT2D eigenvalue weighted by molar-refractivity contribution is 7.92. The van der Waals surface area contributed by atoms with Gasteiger partial charge in [-0.05, 0) is 68.4 Å². The number of anilines is 2. The molecule has 2 aromatic heterocycles. The fraction of sp³-hybridized carbons (Fsp3) is 0.448. The van der Waals surface area contributed by atoms with Gasteiger partial charge in [0.1, 0.15) is 5.75 Å². The van der Waals surface area contributed by atoms with E-state index in [1.807, 2.05) is 30.3 Å². The molecule has 0 spiro atoms. The largest absolute Gasteiger partial charge is 0.494 e. The molecule has 10 nitrogen and oxygen atoms in total. The Bertz CT molecular complexity index is 1490. The van der Waals surface area contributed by atoms with Crippen LogP contribution in [0.5, 0.6) is 5.75 Å². The van der Waals surface area contributed by atoms with Crippen LogP contribution in [0.3, 0.4) is 0 Å². The van der Waals surface area contributed by atoms with E-state index in [0.29, 0.717) is 16.5 Å². The minimum absolute atomic E-state index is 0.185. The number of thiocarbonyl (C=S) groups is 1. The van der Waals surface area contributed by atoms with Crippen LogP contribution in [-0.2, 0) is 21.3 Å². The van der Waals surface area contributed by atoms with Gasteiger partial charge in [0, 0.05) is 55.5 Å². The fourth-order valence-electron chi connectivity index (χ4n) is 5.81. The summed E-state index contributed by atoms with van der Waals surface area (Å²) in [4.78, 5) is 9.22. The normalized spacial score (nSPS) is 19.8. The first-order valence-electron chi connectivity index (χ1n) is 13.8. The Morgan fingerprint density at radius 1 is 1.15 bits per heavy atom. The standard InChI is InChI=1S/C29H38N6O4S2/c1-20-18-23(21(2)34(20)13-7-12-33-14-16-39-17-15-33)28-27(25-8-5-6-11-30-25)31-29(40)35(28)22-9-10-24(26(19-22)38-3)32-41(4,36)37/h5-6,8-11,18-19,27-28,32H,7,12-17H2,1-4H3,(H,31,40). The highest BCUT2D eigenvalue weighted by atomic mass is 32.2. The number of nitrogens with zero attached hydrogens (tertiary/aromatic N) is 4. The van der Waals surface area contributed by atoms with Crippen molar-refractivity contribution in [2.75, 3.05) is 55.8 Å². The number of aromatic nitrogens is 2. The molecule has 2 fully saturated rings. The van der Waals surface area contributed by atoms with Crippen LogP contribution in [0.2, 0.25) is 0 Å². The van der Waals surface area contributed by atoms with Crippen molar-refractivity contribution < 1.29 is 17.9 Å². The third-order valence-electron chi connectivity index (χ3n) is 7.75. The lowest BCUT2D eigenvalue weighted by Gasteiger charge is -2.29. The van der Waals surface area contributed by atoms with Gasteiger partial charge >= 0.3 is 0 Å². The van der Waals surface area contributed by atoms with Gasteiger partial charge in [0.25, 0.3) is 0 Å². The Morgan fingerprint density at radius 2 is 1.93 bits per heavy atom. The first-order chi connectivity index (χ1) is 19.7. The molecule has 220 valence electrons. The van der Waals surface area contributed by atoms with Gasteiger partial charge in [-0.1, -0.05) is 6.07 Å². The summed E-state index contributed by atoms with van der Waals surface area (Å²) in [7, 11) is -1.96. The number of hydrogen-bond acceptors (Lipinski definition) is 7. The van der Waals surface area contributed by atoms with E-state index in [9.17, 15) is 8.42 Å². The maximum Gasteiger partial charge on any atom is 0.229 e. The van der Waals surface area contributed by atoms with E-state index in [1.54, 1.807) is 12.3 Å². The summed E-state index contributed by atoms with van der Waals surface area (Å²) >= 11 is 5.91. The number of hydrogen-bond donors (Lipinski definition) is 2. The molecule has 0 saturated carbocycles. The molecule has 2 unspecified atom stereocenters. The second-order valence-corrected chi connectivity index (χ2v) is 12.7. The molecule has 4 heterocycles. The summed E-state index contributed by atoms with van der Waals surface area (Å²) in [5, 5.41) is 4.08. The molecule has 3 aromatic rings. The van der Waals surface area contributed by atoms with Crippen LogP contribution in [-0.4, -0.2) is 74.2 Å². The average Bonchev–Trinajstić information content (AvgIpc) is 3.44. The number of methoxy groups -OCH3 is 1. The van der Waals surface area contributed by atoms with Gasteiger partial charge in [-0.3, -0.25) is 14.6 Å². The molecule has 2 atom stereocenters. The highest BCUT2D eigenvalue weighted by Gasteiger charge is 2.42. The van der Waals surface area contributed by atoms with Crippen LogP contribution in [0.4, 0.5) is 11.4 Å². The molecular formula is C29H38N6O4S2. The van der Waals surface area contributed by atoms with E-state index >= 15 is 0 Å². The number of nitrogens with one attached hydrogen (secondary N) is 2. The summed E-state index contributed by atoms with van der Waals surface area (Å²) in [6.45, 7) is 9.88. The van der Waals surface area contributed by atoms with E-state index in [-0.39, 0.29) is 12.1 Å². The number of ether oxygens (including phenoxy) is 2. The summed E-state index contributed by atoms with van der Waals surface area (Å²) < 4.78 is 39.8. The zero-order valence-electron chi connectivity index (χ0n) is 24.0. The third kappa shape index (κ3) is 6.50. The van der Waals surface area contributed by atoms with E-state index < -0.39 is 10.0 Å². The van der Waals surface area contributed by atoms with E-state index in [1.165, 1.54) is 18.5 Å². The van der Waals surface area contributed by atoms with Crippen molar-refractivity contribution in [3.63, 3.8) is 0 Å². The highest BCUT2D eigenvalue weighted by Crippen LogP contribution is 2.44. The van der Waals surface area contributed by atoms with Crippen LogP contribution in [0.1, 0.15) is 41.1 Å². The van der Waals surface area contributed by atoms with Crippen molar-refractivity contribution >= 4 is 38.7 Å². The minimum atomic E-state index is -3.48. The number of rotatable bonds is 10. The lowest BCUT2D eigenvalue weighted by atomic mass is 9.96. The Kier molecular flexibility index (Phi) is 8.83. The van der Waals surface area contributed by atoms with Crippen molar-refractivity contribution in [3.05, 3.63) is 71.3 Å². The lowest BCUT2D eigenvalue weighted by molar-refractivity contribution is 0.0369. The Hall–Kier alpha value is -3.19. The third-order valence-corrected chi connectivity index (χ3v) is 8.65. The van der Waals surface area contributed by atoms with Gasteiger partial charge in [0.05, 0.1) is 50.0 Å². The van der Waals surface area contributed by atoms with E-state index in [2.05, 4.69) is 49.3 Å². The van der Waals surface area contributed by atoms with Gasteiger partial charge < -0.3 is 24.3 Å². The zero-order chi connectivity index (χ0) is 29.1. The van der Waals surface area contributed by atoms with Gasteiger partial charge in [-0.2, -0.15) is 0 Å². The maximum absolute atomic E-state index is 11.9.